The van der Waals surface area contributed by atoms with Gasteiger partial charge in [-0.1, -0.05) is 5.21 Å². The molecule has 0 atom stereocenters. The fourth-order valence-electron chi connectivity index (χ4n) is 4.48. The largest absolute Gasteiger partial charge is 0.312 e. The third-order valence-electron chi connectivity index (χ3n) is 5.90. The molecule has 142 valence electrons. The smallest absolute Gasteiger partial charge is 0.243 e. The first-order valence-corrected chi connectivity index (χ1v) is 10.8. The topological polar surface area (TPSA) is 88.4 Å². The van der Waals surface area contributed by atoms with Crippen molar-refractivity contribution in [1.29, 1.82) is 0 Å². The van der Waals surface area contributed by atoms with Crippen LogP contribution in [0.2, 0.25) is 0 Å². The van der Waals surface area contributed by atoms with Gasteiger partial charge in [-0.2, -0.15) is 4.31 Å². The highest BCUT2D eigenvalue weighted by Crippen LogP contribution is 2.39. The summed E-state index contributed by atoms with van der Waals surface area (Å²) in [5, 5.41) is 7.87. The Morgan fingerprint density at radius 2 is 1.74 bits per heavy atom. The highest BCUT2D eigenvalue weighted by molar-refractivity contribution is 7.89. The van der Waals surface area contributed by atoms with Crippen molar-refractivity contribution < 1.29 is 13.2 Å². The fourth-order valence-corrected chi connectivity index (χ4v) is 6.06. The molecule has 0 saturated carbocycles. The molecule has 1 fully saturated rings. The third kappa shape index (κ3) is 2.68. The Kier molecular flexibility index (Phi) is 3.83. The number of carbonyl (C=O) groups is 1. The SMILES string of the molecule is O=C1CCc2cc(S(=O)(=O)N3CCC(n4ccnn4)CC3)cc3c2N1CC3. The first kappa shape index (κ1) is 16.9. The minimum absolute atomic E-state index is 0.145. The molecule has 1 saturated heterocycles. The van der Waals surface area contributed by atoms with E-state index in [9.17, 15) is 13.2 Å². The zero-order valence-electron chi connectivity index (χ0n) is 14.9. The lowest BCUT2D eigenvalue weighted by Crippen LogP contribution is -2.39. The number of rotatable bonds is 3. The van der Waals surface area contributed by atoms with Gasteiger partial charge in [-0.25, -0.2) is 13.1 Å². The van der Waals surface area contributed by atoms with E-state index in [1.165, 1.54) is 0 Å². The molecule has 8 nitrogen and oxygen atoms in total. The molecule has 3 aliphatic rings. The molecule has 27 heavy (non-hydrogen) atoms. The second-order valence-corrected chi connectivity index (χ2v) is 9.34. The van der Waals surface area contributed by atoms with Gasteiger partial charge in [0.2, 0.25) is 15.9 Å². The summed E-state index contributed by atoms with van der Waals surface area (Å²) in [4.78, 5) is 14.2. The Hall–Kier alpha value is -2.26. The van der Waals surface area contributed by atoms with E-state index in [1.54, 1.807) is 22.6 Å². The van der Waals surface area contributed by atoms with E-state index in [2.05, 4.69) is 10.3 Å². The molecule has 0 bridgehead atoms. The summed E-state index contributed by atoms with van der Waals surface area (Å²) < 4.78 is 29.8. The molecule has 1 aromatic heterocycles. The Labute approximate surface area is 157 Å². The van der Waals surface area contributed by atoms with Gasteiger partial charge in [-0.05, 0) is 48.9 Å². The van der Waals surface area contributed by atoms with E-state index in [1.807, 2.05) is 15.8 Å². The standard InChI is InChI=1S/C18H21N5O3S/c24-17-2-1-13-11-16(12-14-3-9-22(17)18(13)14)27(25,26)21-7-4-15(5-8-21)23-10-6-19-20-23/h6,10-12,15H,1-5,7-9H2. The first-order valence-electron chi connectivity index (χ1n) is 9.36. The normalized spacial score (nSPS) is 20.9. The number of hydrogen-bond acceptors (Lipinski definition) is 5. The van der Waals surface area contributed by atoms with Crippen molar-refractivity contribution in [2.45, 2.75) is 43.0 Å². The van der Waals surface area contributed by atoms with Crippen LogP contribution in [0, 0.1) is 0 Å². The van der Waals surface area contributed by atoms with E-state index in [4.69, 9.17) is 0 Å². The summed E-state index contributed by atoms with van der Waals surface area (Å²) in [5.74, 6) is 0.145. The molecule has 9 heteroatoms. The maximum Gasteiger partial charge on any atom is 0.243 e. The molecule has 1 aromatic carbocycles. The van der Waals surface area contributed by atoms with Crippen molar-refractivity contribution in [3.8, 4) is 0 Å². The van der Waals surface area contributed by atoms with Crippen LogP contribution < -0.4 is 4.90 Å². The molecule has 0 aliphatic carbocycles. The van der Waals surface area contributed by atoms with Crippen LogP contribution in [-0.2, 0) is 27.7 Å². The number of hydrogen-bond donors (Lipinski definition) is 0. The van der Waals surface area contributed by atoms with Gasteiger partial charge >= 0.3 is 0 Å². The van der Waals surface area contributed by atoms with Gasteiger partial charge in [0.1, 0.15) is 0 Å². The van der Waals surface area contributed by atoms with Gasteiger partial charge in [0.25, 0.3) is 0 Å². The molecule has 5 rings (SSSR count). The molecule has 2 aromatic rings. The number of anilines is 1. The molecule has 0 N–H and O–H groups in total. The number of aromatic nitrogens is 3. The number of sulfonamides is 1. The second kappa shape index (κ2) is 6.13. The Morgan fingerprint density at radius 1 is 1.00 bits per heavy atom. The predicted molar refractivity (Wildman–Crippen MR) is 97.9 cm³/mol. The second-order valence-electron chi connectivity index (χ2n) is 7.40. The lowest BCUT2D eigenvalue weighted by molar-refractivity contribution is -0.118. The average molecular weight is 387 g/mol. The zero-order chi connectivity index (χ0) is 18.6. The molecule has 4 heterocycles. The predicted octanol–water partition coefficient (Wildman–Crippen LogP) is 1.14. The maximum absolute atomic E-state index is 13.2. The highest BCUT2D eigenvalue weighted by Gasteiger charge is 2.35. The number of piperidine rings is 1. The Balaban J connectivity index is 1.41. The summed E-state index contributed by atoms with van der Waals surface area (Å²) in [7, 11) is -3.53. The maximum atomic E-state index is 13.2. The fraction of sp³-hybridized carbons (Fsp3) is 0.500. The van der Waals surface area contributed by atoms with Crippen molar-refractivity contribution in [1.82, 2.24) is 19.3 Å². The van der Waals surface area contributed by atoms with Crippen LogP contribution >= 0.6 is 0 Å². The van der Waals surface area contributed by atoms with Gasteiger partial charge in [-0.15, -0.1) is 5.10 Å². The van der Waals surface area contributed by atoms with Crippen molar-refractivity contribution in [3.63, 3.8) is 0 Å². The van der Waals surface area contributed by atoms with Gasteiger partial charge in [0.05, 0.1) is 22.8 Å². The van der Waals surface area contributed by atoms with Crippen LogP contribution in [0.5, 0.6) is 0 Å². The Morgan fingerprint density at radius 3 is 2.44 bits per heavy atom. The van der Waals surface area contributed by atoms with Crippen molar-refractivity contribution in [2.75, 3.05) is 24.5 Å². The minimum Gasteiger partial charge on any atom is -0.312 e. The quantitative estimate of drug-likeness (QED) is 0.788. The van der Waals surface area contributed by atoms with Crippen LogP contribution in [0.3, 0.4) is 0 Å². The molecule has 0 spiro atoms. The monoisotopic (exact) mass is 387 g/mol. The van der Waals surface area contributed by atoms with Gasteiger partial charge in [0.15, 0.2) is 0 Å². The van der Waals surface area contributed by atoms with E-state index in [0.29, 0.717) is 37.4 Å². The number of aryl methyl sites for hydroxylation is 1. The first-order chi connectivity index (χ1) is 13.0. The number of benzene rings is 1. The molecule has 3 aliphatic heterocycles. The van der Waals surface area contributed by atoms with Crippen molar-refractivity contribution in [2.24, 2.45) is 0 Å². The van der Waals surface area contributed by atoms with Gasteiger partial charge in [0, 0.05) is 32.3 Å². The molecule has 1 amide bonds. The summed E-state index contributed by atoms with van der Waals surface area (Å²) in [6, 6.07) is 3.75. The lowest BCUT2D eigenvalue weighted by atomic mass is 10.00. The lowest BCUT2D eigenvalue weighted by Gasteiger charge is -2.31. The number of amides is 1. The van der Waals surface area contributed by atoms with Crippen LogP contribution in [0.15, 0.2) is 29.4 Å². The molecule has 0 radical (unpaired) electrons. The number of nitrogens with zero attached hydrogens (tertiary/aromatic N) is 5. The Bertz CT molecular complexity index is 994. The summed E-state index contributed by atoms with van der Waals surface area (Å²) >= 11 is 0. The van der Waals surface area contributed by atoms with Gasteiger partial charge in [-0.3, -0.25) is 4.79 Å². The van der Waals surface area contributed by atoms with E-state index in [-0.39, 0.29) is 11.9 Å². The van der Waals surface area contributed by atoms with E-state index < -0.39 is 10.0 Å². The van der Waals surface area contributed by atoms with Gasteiger partial charge < -0.3 is 4.90 Å². The van der Waals surface area contributed by atoms with Crippen molar-refractivity contribution >= 4 is 21.6 Å². The van der Waals surface area contributed by atoms with E-state index in [0.717, 1.165) is 36.1 Å². The summed E-state index contributed by atoms with van der Waals surface area (Å²) in [6.45, 7) is 1.61. The highest BCUT2D eigenvalue weighted by atomic mass is 32.2. The van der Waals surface area contributed by atoms with Crippen molar-refractivity contribution in [3.05, 3.63) is 35.7 Å². The number of carbonyl (C=O) groups excluding carboxylic acids is 1. The van der Waals surface area contributed by atoms with Crippen LogP contribution in [-0.4, -0.2) is 53.3 Å². The van der Waals surface area contributed by atoms with E-state index >= 15 is 0 Å². The molecular weight excluding hydrogens is 366 g/mol. The zero-order valence-corrected chi connectivity index (χ0v) is 15.7. The molecular formula is C18H21N5O3S. The average Bonchev–Trinajstić information content (AvgIpc) is 3.35. The minimum atomic E-state index is -3.53. The summed E-state index contributed by atoms with van der Waals surface area (Å²) in [5.41, 5.74) is 2.92. The molecule has 0 unspecified atom stereocenters. The van der Waals surface area contributed by atoms with Crippen LogP contribution in [0.4, 0.5) is 5.69 Å². The van der Waals surface area contributed by atoms with Crippen LogP contribution in [0.25, 0.3) is 0 Å². The summed E-state index contributed by atoms with van der Waals surface area (Å²) in [6.07, 6.45) is 6.73. The van der Waals surface area contributed by atoms with Crippen LogP contribution in [0.1, 0.15) is 36.4 Å². The third-order valence-corrected chi connectivity index (χ3v) is 7.78.